The molecule has 0 unspecified atom stereocenters. The number of likely N-dealkylation sites (N-methyl/N-ethyl adjacent to an activating group) is 1. The Balaban J connectivity index is 2.01. The Morgan fingerprint density at radius 3 is 2.91 bits per heavy atom. The molecule has 2 atom stereocenters. The first-order chi connectivity index (χ1) is 11.1. The summed E-state index contributed by atoms with van der Waals surface area (Å²) in [5.41, 5.74) is 0. The van der Waals surface area contributed by atoms with E-state index < -0.39 is 0 Å². The maximum Gasteiger partial charge on any atom is 0.237 e. The third-order valence-electron chi connectivity index (χ3n) is 4.28. The van der Waals surface area contributed by atoms with Crippen LogP contribution in [0.1, 0.15) is 17.8 Å². The predicted molar refractivity (Wildman–Crippen MR) is 94.8 cm³/mol. The van der Waals surface area contributed by atoms with E-state index in [2.05, 4.69) is 39.2 Å². The van der Waals surface area contributed by atoms with E-state index in [4.69, 9.17) is 4.74 Å². The van der Waals surface area contributed by atoms with Crippen molar-refractivity contribution in [2.24, 2.45) is 0 Å². The minimum Gasteiger partial charge on any atom is -0.379 e. The second-order valence-corrected chi connectivity index (χ2v) is 6.81. The molecule has 0 spiro atoms. The lowest BCUT2D eigenvalue weighted by atomic mass is 10.1. The smallest absolute Gasteiger partial charge is 0.237 e. The van der Waals surface area contributed by atoms with Crippen molar-refractivity contribution in [1.29, 1.82) is 0 Å². The molecule has 0 radical (unpaired) electrons. The Hall–Kier alpha value is -1.21. The van der Waals surface area contributed by atoms with E-state index in [0.717, 1.165) is 32.8 Å². The molecule has 0 saturated carbocycles. The van der Waals surface area contributed by atoms with Crippen molar-refractivity contribution in [2.75, 3.05) is 46.4 Å². The number of hydrogen-bond acceptors (Lipinski definition) is 5. The summed E-state index contributed by atoms with van der Waals surface area (Å²) in [4.78, 5) is 18.1. The highest BCUT2D eigenvalue weighted by Crippen LogP contribution is 2.27. The molecule has 128 valence electrons. The second-order valence-electron chi connectivity index (χ2n) is 5.83. The highest BCUT2D eigenvalue weighted by Gasteiger charge is 2.27. The zero-order chi connectivity index (χ0) is 16.7. The predicted octanol–water partition coefficient (Wildman–Crippen LogP) is 1.74. The fourth-order valence-corrected chi connectivity index (χ4v) is 3.56. The van der Waals surface area contributed by atoms with Crippen LogP contribution in [0.2, 0.25) is 0 Å². The number of carbonyl (C=O) groups is 1. The van der Waals surface area contributed by atoms with E-state index in [1.807, 2.05) is 14.0 Å². The summed E-state index contributed by atoms with van der Waals surface area (Å²) >= 11 is 1.78. The van der Waals surface area contributed by atoms with Gasteiger partial charge in [0.2, 0.25) is 5.91 Å². The molecule has 2 heterocycles. The molecule has 1 aromatic rings. The van der Waals surface area contributed by atoms with Gasteiger partial charge in [0.15, 0.2) is 0 Å². The summed E-state index contributed by atoms with van der Waals surface area (Å²) in [7, 11) is 2.01. The molecular formula is C17H27N3O2S. The first kappa shape index (κ1) is 18.1. The zero-order valence-electron chi connectivity index (χ0n) is 14.0. The van der Waals surface area contributed by atoms with Crippen LogP contribution in [0.5, 0.6) is 0 Å². The van der Waals surface area contributed by atoms with Crippen molar-refractivity contribution in [2.45, 2.75) is 19.0 Å². The normalized spacial score (nSPS) is 18.6. The average molecular weight is 337 g/mol. The fourth-order valence-electron chi connectivity index (χ4n) is 2.71. The van der Waals surface area contributed by atoms with E-state index in [1.165, 1.54) is 4.88 Å². The molecule has 1 N–H and O–H groups in total. The molecule has 1 amide bonds. The number of nitrogens with one attached hydrogen (secondary N) is 1. The number of rotatable bonds is 8. The van der Waals surface area contributed by atoms with Crippen LogP contribution in [0.25, 0.3) is 0 Å². The fraction of sp³-hybridized carbons (Fsp3) is 0.588. The van der Waals surface area contributed by atoms with Crippen LogP contribution in [0, 0.1) is 0 Å². The quantitative estimate of drug-likeness (QED) is 0.734. The Bertz CT molecular complexity index is 486. The van der Waals surface area contributed by atoms with Gasteiger partial charge < -0.3 is 10.1 Å². The van der Waals surface area contributed by atoms with E-state index in [0.29, 0.717) is 12.6 Å². The van der Waals surface area contributed by atoms with Gasteiger partial charge in [0.05, 0.1) is 25.3 Å². The van der Waals surface area contributed by atoms with Crippen LogP contribution in [-0.4, -0.2) is 68.2 Å². The van der Waals surface area contributed by atoms with Crippen molar-refractivity contribution in [3.8, 4) is 0 Å². The first-order valence-corrected chi connectivity index (χ1v) is 8.95. The molecule has 1 aliphatic heterocycles. The van der Waals surface area contributed by atoms with Crippen LogP contribution in [-0.2, 0) is 9.53 Å². The van der Waals surface area contributed by atoms with Gasteiger partial charge in [-0.3, -0.25) is 14.6 Å². The first-order valence-electron chi connectivity index (χ1n) is 8.07. The van der Waals surface area contributed by atoms with Crippen LogP contribution in [0.15, 0.2) is 30.2 Å². The minimum absolute atomic E-state index is 0.0410. The summed E-state index contributed by atoms with van der Waals surface area (Å²) in [6.07, 6.45) is 1.70. The number of morpholine rings is 1. The minimum atomic E-state index is -0.168. The number of nitrogens with zero attached hydrogens (tertiary/aromatic N) is 2. The van der Waals surface area contributed by atoms with Crippen molar-refractivity contribution >= 4 is 17.2 Å². The van der Waals surface area contributed by atoms with Crippen LogP contribution in [0.3, 0.4) is 0 Å². The Kier molecular flexibility index (Phi) is 7.23. The summed E-state index contributed by atoms with van der Waals surface area (Å²) < 4.78 is 5.48. The highest BCUT2D eigenvalue weighted by atomic mass is 32.1. The number of carbonyl (C=O) groups excluding carboxylic acids is 1. The SMILES string of the molecule is C=CCNC(=O)[C@H](C)N(C)C[C@@H](c1cccs1)N1CCOCC1. The molecular weight excluding hydrogens is 310 g/mol. The molecule has 1 aromatic heterocycles. The lowest BCUT2D eigenvalue weighted by molar-refractivity contribution is -0.125. The Morgan fingerprint density at radius 1 is 1.57 bits per heavy atom. The average Bonchev–Trinajstić information content (AvgIpc) is 3.11. The third kappa shape index (κ3) is 5.14. The largest absolute Gasteiger partial charge is 0.379 e. The maximum absolute atomic E-state index is 12.2. The van der Waals surface area contributed by atoms with Crippen molar-refractivity contribution in [3.05, 3.63) is 35.0 Å². The molecule has 2 rings (SSSR count). The summed E-state index contributed by atoms with van der Waals surface area (Å²) in [6.45, 7) is 10.3. The van der Waals surface area contributed by atoms with Gasteiger partial charge in [-0.1, -0.05) is 12.1 Å². The van der Waals surface area contributed by atoms with E-state index >= 15 is 0 Å². The van der Waals surface area contributed by atoms with Gasteiger partial charge >= 0.3 is 0 Å². The molecule has 0 bridgehead atoms. The number of amides is 1. The number of thiophene rings is 1. The van der Waals surface area contributed by atoms with Gasteiger partial charge in [-0.15, -0.1) is 17.9 Å². The van der Waals surface area contributed by atoms with E-state index in [1.54, 1.807) is 17.4 Å². The van der Waals surface area contributed by atoms with Crippen molar-refractivity contribution in [3.63, 3.8) is 0 Å². The van der Waals surface area contributed by atoms with Gasteiger partial charge in [0, 0.05) is 31.1 Å². The number of hydrogen-bond donors (Lipinski definition) is 1. The topological polar surface area (TPSA) is 44.8 Å². The van der Waals surface area contributed by atoms with E-state index in [9.17, 15) is 4.79 Å². The lowest BCUT2D eigenvalue weighted by Gasteiger charge is -2.37. The maximum atomic E-state index is 12.2. The number of ether oxygens (including phenoxy) is 1. The molecule has 5 nitrogen and oxygen atoms in total. The second kappa shape index (κ2) is 9.17. The highest BCUT2D eigenvalue weighted by molar-refractivity contribution is 7.10. The monoisotopic (exact) mass is 337 g/mol. The molecule has 1 fully saturated rings. The van der Waals surface area contributed by atoms with Crippen molar-refractivity contribution < 1.29 is 9.53 Å². The lowest BCUT2D eigenvalue weighted by Crippen LogP contribution is -2.48. The van der Waals surface area contributed by atoms with Crippen LogP contribution < -0.4 is 5.32 Å². The summed E-state index contributed by atoms with van der Waals surface area (Å²) in [6, 6.07) is 4.41. The standard InChI is InChI=1S/C17H27N3O2S/c1-4-7-18-17(21)14(2)19(3)13-15(16-6-5-12-23-16)20-8-10-22-11-9-20/h4-6,12,14-15H,1,7-11,13H2,2-3H3,(H,18,21)/t14-,15-/m0/s1. The third-order valence-corrected chi connectivity index (χ3v) is 5.25. The van der Waals surface area contributed by atoms with Crippen LogP contribution in [0.4, 0.5) is 0 Å². The summed E-state index contributed by atoms with van der Waals surface area (Å²) in [5, 5.41) is 4.98. The van der Waals surface area contributed by atoms with Gasteiger partial charge in [-0.25, -0.2) is 0 Å². The van der Waals surface area contributed by atoms with Crippen LogP contribution >= 0.6 is 11.3 Å². The Labute approximate surface area is 142 Å². The molecule has 0 aliphatic carbocycles. The van der Waals surface area contributed by atoms with Gasteiger partial charge in [0.25, 0.3) is 0 Å². The Morgan fingerprint density at radius 2 is 2.30 bits per heavy atom. The molecule has 23 heavy (non-hydrogen) atoms. The summed E-state index contributed by atoms with van der Waals surface area (Å²) in [5.74, 6) is 0.0410. The molecule has 0 aromatic carbocycles. The molecule has 1 aliphatic rings. The van der Waals surface area contributed by atoms with Gasteiger partial charge in [-0.05, 0) is 25.4 Å². The van der Waals surface area contributed by atoms with Gasteiger partial charge in [-0.2, -0.15) is 0 Å². The molecule has 6 heteroatoms. The van der Waals surface area contributed by atoms with Gasteiger partial charge in [0.1, 0.15) is 0 Å². The zero-order valence-corrected chi connectivity index (χ0v) is 14.8. The van der Waals surface area contributed by atoms with E-state index in [-0.39, 0.29) is 11.9 Å². The van der Waals surface area contributed by atoms with Crippen molar-refractivity contribution in [1.82, 2.24) is 15.1 Å². The molecule has 1 saturated heterocycles.